The summed E-state index contributed by atoms with van der Waals surface area (Å²) in [5.41, 5.74) is 2.14. The molecular weight excluding hydrogens is 270 g/mol. The van der Waals surface area contributed by atoms with E-state index >= 15 is 0 Å². The van der Waals surface area contributed by atoms with E-state index in [1.165, 1.54) is 0 Å². The summed E-state index contributed by atoms with van der Waals surface area (Å²) in [7, 11) is 4.16. The summed E-state index contributed by atoms with van der Waals surface area (Å²) in [4.78, 5) is 6.84. The standard InChI is InChI=1S/C15H23N3OS/c1-4-9-19-12-5-6-14-13(10-12)16-15(11-20)18(14)8-7-17(2)3/h5-6,10,20H,4,7-9,11H2,1-3H3. The van der Waals surface area contributed by atoms with Crippen LogP contribution in [0.15, 0.2) is 18.2 Å². The minimum absolute atomic E-state index is 0.646. The average Bonchev–Trinajstić information content (AvgIpc) is 2.79. The van der Waals surface area contributed by atoms with Gasteiger partial charge in [0.1, 0.15) is 11.6 Å². The molecule has 1 heterocycles. The SMILES string of the molecule is CCCOc1ccc2c(c1)nc(CS)n2CCN(C)C. The molecule has 0 spiro atoms. The van der Waals surface area contributed by atoms with E-state index < -0.39 is 0 Å². The van der Waals surface area contributed by atoms with Crippen LogP contribution in [-0.4, -0.2) is 41.7 Å². The van der Waals surface area contributed by atoms with Gasteiger partial charge in [-0.15, -0.1) is 0 Å². The van der Waals surface area contributed by atoms with Gasteiger partial charge in [-0.1, -0.05) is 6.92 Å². The van der Waals surface area contributed by atoms with Crippen LogP contribution in [0.3, 0.4) is 0 Å². The maximum absolute atomic E-state index is 5.67. The molecule has 0 radical (unpaired) electrons. The lowest BCUT2D eigenvalue weighted by molar-refractivity contribution is 0.318. The first-order valence-corrected chi connectivity index (χ1v) is 7.66. The van der Waals surface area contributed by atoms with E-state index in [1.807, 2.05) is 12.1 Å². The number of hydrogen-bond donors (Lipinski definition) is 1. The summed E-state index contributed by atoms with van der Waals surface area (Å²) >= 11 is 4.39. The second kappa shape index (κ2) is 6.99. The third-order valence-corrected chi connectivity index (χ3v) is 3.47. The first-order chi connectivity index (χ1) is 9.65. The van der Waals surface area contributed by atoms with E-state index in [-0.39, 0.29) is 0 Å². The van der Waals surface area contributed by atoms with Crippen molar-refractivity contribution in [2.45, 2.75) is 25.6 Å². The Labute approximate surface area is 126 Å². The quantitative estimate of drug-likeness (QED) is 0.796. The molecule has 0 aliphatic rings. The highest BCUT2D eigenvalue weighted by molar-refractivity contribution is 7.79. The van der Waals surface area contributed by atoms with Gasteiger partial charge in [-0.3, -0.25) is 0 Å². The molecule has 0 amide bonds. The normalized spacial score (nSPS) is 11.4. The van der Waals surface area contributed by atoms with Crippen molar-refractivity contribution >= 4 is 23.7 Å². The molecule has 1 aromatic carbocycles. The van der Waals surface area contributed by atoms with Crippen LogP contribution in [0, 0.1) is 0 Å². The van der Waals surface area contributed by atoms with E-state index in [4.69, 9.17) is 4.74 Å². The first kappa shape index (κ1) is 15.2. The number of aromatic nitrogens is 2. The Morgan fingerprint density at radius 1 is 1.35 bits per heavy atom. The Kier molecular flexibility index (Phi) is 5.31. The number of benzene rings is 1. The van der Waals surface area contributed by atoms with Crippen LogP contribution < -0.4 is 4.74 Å². The summed E-state index contributed by atoms with van der Waals surface area (Å²) in [5, 5.41) is 0. The van der Waals surface area contributed by atoms with E-state index in [1.54, 1.807) is 0 Å². The smallest absolute Gasteiger partial charge is 0.121 e. The number of imidazole rings is 1. The molecule has 0 fully saturated rings. The van der Waals surface area contributed by atoms with E-state index in [2.05, 4.69) is 54.2 Å². The fourth-order valence-corrected chi connectivity index (χ4v) is 2.38. The van der Waals surface area contributed by atoms with Gasteiger partial charge in [-0.05, 0) is 32.6 Å². The molecular formula is C15H23N3OS. The molecule has 0 aliphatic carbocycles. The van der Waals surface area contributed by atoms with Gasteiger partial charge in [-0.2, -0.15) is 12.6 Å². The van der Waals surface area contributed by atoms with Gasteiger partial charge >= 0.3 is 0 Å². The average molecular weight is 293 g/mol. The van der Waals surface area contributed by atoms with Crippen molar-refractivity contribution in [3.05, 3.63) is 24.0 Å². The lowest BCUT2D eigenvalue weighted by atomic mass is 10.3. The fourth-order valence-electron chi connectivity index (χ4n) is 2.14. The van der Waals surface area contributed by atoms with Crippen molar-refractivity contribution in [2.24, 2.45) is 0 Å². The molecule has 1 aromatic heterocycles. The molecule has 0 saturated heterocycles. The van der Waals surface area contributed by atoms with Crippen molar-refractivity contribution in [1.82, 2.24) is 14.5 Å². The second-order valence-corrected chi connectivity index (χ2v) is 5.46. The Hall–Kier alpha value is -1.20. The summed E-state index contributed by atoms with van der Waals surface area (Å²) in [5.74, 6) is 2.55. The molecule has 4 nitrogen and oxygen atoms in total. The molecule has 0 atom stereocenters. The van der Waals surface area contributed by atoms with E-state index in [0.29, 0.717) is 5.75 Å². The molecule has 2 rings (SSSR count). The monoisotopic (exact) mass is 293 g/mol. The third-order valence-electron chi connectivity index (χ3n) is 3.18. The maximum Gasteiger partial charge on any atom is 0.121 e. The van der Waals surface area contributed by atoms with Crippen molar-refractivity contribution < 1.29 is 4.74 Å². The molecule has 2 aromatic rings. The summed E-state index contributed by atoms with van der Waals surface area (Å²) in [6.07, 6.45) is 1.01. The van der Waals surface area contributed by atoms with Crippen LogP contribution in [0.25, 0.3) is 11.0 Å². The van der Waals surface area contributed by atoms with Crippen LogP contribution in [-0.2, 0) is 12.3 Å². The van der Waals surface area contributed by atoms with Crippen LogP contribution in [0.4, 0.5) is 0 Å². The van der Waals surface area contributed by atoms with Gasteiger partial charge in [0.05, 0.1) is 17.6 Å². The molecule has 110 valence electrons. The molecule has 0 bridgehead atoms. The van der Waals surface area contributed by atoms with Gasteiger partial charge in [-0.25, -0.2) is 4.98 Å². The Morgan fingerprint density at radius 2 is 2.15 bits per heavy atom. The van der Waals surface area contributed by atoms with Gasteiger partial charge < -0.3 is 14.2 Å². The minimum atomic E-state index is 0.646. The maximum atomic E-state index is 5.67. The molecule has 5 heteroatoms. The number of rotatable bonds is 7. The molecule has 0 saturated carbocycles. The van der Waals surface area contributed by atoms with E-state index in [0.717, 1.165) is 48.7 Å². The van der Waals surface area contributed by atoms with E-state index in [9.17, 15) is 0 Å². The Bertz CT molecular complexity index is 565. The van der Waals surface area contributed by atoms with Crippen molar-refractivity contribution in [3.8, 4) is 5.75 Å². The lowest BCUT2D eigenvalue weighted by Crippen LogP contribution is -2.19. The fraction of sp³-hybridized carbons (Fsp3) is 0.533. The highest BCUT2D eigenvalue weighted by Crippen LogP contribution is 2.23. The number of nitrogens with zero attached hydrogens (tertiary/aromatic N) is 3. The molecule has 0 N–H and O–H groups in total. The summed E-state index contributed by atoms with van der Waals surface area (Å²) in [6.45, 7) is 4.76. The number of thiol groups is 1. The molecule has 0 unspecified atom stereocenters. The highest BCUT2D eigenvalue weighted by atomic mass is 32.1. The number of ether oxygens (including phenoxy) is 1. The highest BCUT2D eigenvalue weighted by Gasteiger charge is 2.10. The van der Waals surface area contributed by atoms with Crippen LogP contribution in [0.5, 0.6) is 5.75 Å². The largest absolute Gasteiger partial charge is 0.494 e. The Morgan fingerprint density at radius 3 is 2.80 bits per heavy atom. The predicted molar refractivity (Wildman–Crippen MR) is 86.8 cm³/mol. The lowest BCUT2D eigenvalue weighted by Gasteiger charge is -2.12. The van der Waals surface area contributed by atoms with Crippen LogP contribution >= 0.6 is 12.6 Å². The predicted octanol–water partition coefficient (Wildman–Crippen LogP) is 2.82. The van der Waals surface area contributed by atoms with Gasteiger partial charge in [0, 0.05) is 24.9 Å². The number of likely N-dealkylation sites (N-methyl/N-ethyl adjacent to an activating group) is 1. The second-order valence-electron chi connectivity index (χ2n) is 5.14. The van der Waals surface area contributed by atoms with Gasteiger partial charge in [0.15, 0.2) is 0 Å². The first-order valence-electron chi connectivity index (χ1n) is 7.03. The van der Waals surface area contributed by atoms with Crippen molar-refractivity contribution in [1.29, 1.82) is 0 Å². The third kappa shape index (κ3) is 3.46. The zero-order valence-corrected chi connectivity index (χ0v) is 13.4. The summed E-state index contributed by atoms with van der Waals surface area (Å²) in [6, 6.07) is 6.13. The van der Waals surface area contributed by atoms with Crippen molar-refractivity contribution in [2.75, 3.05) is 27.2 Å². The van der Waals surface area contributed by atoms with Crippen LogP contribution in [0.2, 0.25) is 0 Å². The van der Waals surface area contributed by atoms with Crippen molar-refractivity contribution in [3.63, 3.8) is 0 Å². The topological polar surface area (TPSA) is 30.3 Å². The zero-order chi connectivity index (χ0) is 14.5. The summed E-state index contributed by atoms with van der Waals surface area (Å²) < 4.78 is 7.91. The molecule has 0 aliphatic heterocycles. The number of fused-ring (bicyclic) bond motifs is 1. The van der Waals surface area contributed by atoms with Crippen LogP contribution in [0.1, 0.15) is 19.2 Å². The zero-order valence-electron chi connectivity index (χ0n) is 12.5. The molecule has 20 heavy (non-hydrogen) atoms. The number of hydrogen-bond acceptors (Lipinski definition) is 4. The minimum Gasteiger partial charge on any atom is -0.494 e. The Balaban J connectivity index is 2.31. The van der Waals surface area contributed by atoms with Gasteiger partial charge in [0.25, 0.3) is 0 Å². The van der Waals surface area contributed by atoms with Gasteiger partial charge in [0.2, 0.25) is 0 Å².